The normalized spacial score (nSPS) is 19.5. The van der Waals surface area contributed by atoms with E-state index in [2.05, 4.69) is 0 Å². The Morgan fingerprint density at radius 3 is 2.61 bits per heavy atom. The maximum atomic E-state index is 13.3. The largest absolute Gasteiger partial charge is 0.490 e. The number of Topliss-reactive ketones (excluding diaryl/α,β-unsaturated/α-hetero) is 1. The van der Waals surface area contributed by atoms with Gasteiger partial charge >= 0.3 is 0 Å². The van der Waals surface area contributed by atoms with Gasteiger partial charge in [0.15, 0.2) is 17.3 Å². The average molecular weight is 314 g/mol. The summed E-state index contributed by atoms with van der Waals surface area (Å²) in [5.41, 5.74) is 1.15. The van der Waals surface area contributed by atoms with Crippen molar-refractivity contribution in [3.63, 3.8) is 0 Å². The zero-order valence-electron chi connectivity index (χ0n) is 12.4. The van der Waals surface area contributed by atoms with Crippen molar-refractivity contribution in [3.05, 3.63) is 53.3 Å². The summed E-state index contributed by atoms with van der Waals surface area (Å²) in [5, 5.41) is 0. The Bertz CT molecular complexity index is 772. The van der Waals surface area contributed by atoms with Crippen LogP contribution in [0, 0.1) is 5.82 Å². The van der Waals surface area contributed by atoms with Crippen LogP contribution in [0.4, 0.5) is 4.39 Å². The molecule has 0 radical (unpaired) electrons. The van der Waals surface area contributed by atoms with Gasteiger partial charge in [0.2, 0.25) is 0 Å². The van der Waals surface area contributed by atoms with Crippen LogP contribution in [-0.2, 0) is 0 Å². The molecule has 0 fully saturated rings. The summed E-state index contributed by atoms with van der Waals surface area (Å²) < 4.78 is 30.4. The van der Waals surface area contributed by atoms with Crippen molar-refractivity contribution in [3.8, 4) is 17.2 Å². The molecule has 2 aliphatic rings. The number of fused-ring (bicyclic) bond motifs is 2. The number of carbonyl (C=O) groups is 1. The van der Waals surface area contributed by atoms with Crippen molar-refractivity contribution >= 4 is 5.78 Å². The Morgan fingerprint density at radius 1 is 0.957 bits per heavy atom. The van der Waals surface area contributed by atoms with Crippen molar-refractivity contribution in [2.45, 2.75) is 18.9 Å². The summed E-state index contributed by atoms with van der Waals surface area (Å²) in [5.74, 6) is 1.23. The summed E-state index contributed by atoms with van der Waals surface area (Å²) in [6.45, 7) is 1.23. The molecule has 4 nitrogen and oxygen atoms in total. The van der Waals surface area contributed by atoms with Crippen LogP contribution < -0.4 is 14.2 Å². The fourth-order valence-electron chi connectivity index (χ4n) is 2.86. The first-order valence-electron chi connectivity index (χ1n) is 7.60. The zero-order valence-corrected chi connectivity index (χ0v) is 12.4. The number of carbonyl (C=O) groups excluding carboxylic acids is 1. The minimum Gasteiger partial charge on any atom is -0.490 e. The molecule has 0 spiro atoms. The van der Waals surface area contributed by atoms with Gasteiger partial charge in [-0.3, -0.25) is 4.79 Å². The molecule has 0 unspecified atom stereocenters. The number of hydrogen-bond donors (Lipinski definition) is 0. The summed E-state index contributed by atoms with van der Waals surface area (Å²) in [6.07, 6.45) is 0.606. The number of benzene rings is 2. The molecule has 2 aromatic carbocycles. The SMILES string of the molecule is O=C1C[C@@H](c2ccc3c(c2)OCCCO3)Oc2ccc(F)cc21. The van der Waals surface area contributed by atoms with Crippen LogP contribution in [-0.4, -0.2) is 19.0 Å². The third kappa shape index (κ3) is 2.63. The second kappa shape index (κ2) is 5.57. The van der Waals surface area contributed by atoms with Crippen molar-refractivity contribution in [2.24, 2.45) is 0 Å². The molecule has 0 bridgehead atoms. The van der Waals surface area contributed by atoms with Gasteiger partial charge in [-0.15, -0.1) is 0 Å². The molecule has 0 amide bonds. The molecule has 1 atom stereocenters. The lowest BCUT2D eigenvalue weighted by Crippen LogP contribution is -2.20. The molecule has 0 N–H and O–H groups in total. The number of rotatable bonds is 1. The minimum absolute atomic E-state index is 0.122. The molecule has 2 aliphatic heterocycles. The van der Waals surface area contributed by atoms with Crippen LogP contribution in [0.2, 0.25) is 0 Å². The molecular formula is C18H15FO4. The lowest BCUT2D eigenvalue weighted by Gasteiger charge is -2.26. The van der Waals surface area contributed by atoms with E-state index in [0.717, 1.165) is 12.0 Å². The fourth-order valence-corrected chi connectivity index (χ4v) is 2.86. The topological polar surface area (TPSA) is 44.8 Å². The summed E-state index contributed by atoms with van der Waals surface area (Å²) in [6, 6.07) is 9.58. The van der Waals surface area contributed by atoms with Gasteiger partial charge < -0.3 is 14.2 Å². The molecule has 2 aromatic rings. The van der Waals surface area contributed by atoms with E-state index in [0.29, 0.717) is 36.0 Å². The van der Waals surface area contributed by atoms with E-state index in [4.69, 9.17) is 14.2 Å². The Labute approximate surface area is 132 Å². The van der Waals surface area contributed by atoms with Crippen LogP contribution in [0.1, 0.15) is 34.9 Å². The third-order valence-corrected chi connectivity index (χ3v) is 4.03. The lowest BCUT2D eigenvalue weighted by atomic mass is 9.96. The molecule has 4 rings (SSSR count). The van der Waals surface area contributed by atoms with Crippen LogP contribution in [0.25, 0.3) is 0 Å². The number of ether oxygens (including phenoxy) is 3. The molecule has 0 saturated heterocycles. The predicted octanol–water partition coefficient (Wildman–Crippen LogP) is 3.69. The van der Waals surface area contributed by atoms with Crippen LogP contribution in [0.5, 0.6) is 17.2 Å². The Kier molecular flexibility index (Phi) is 3.41. The maximum Gasteiger partial charge on any atom is 0.170 e. The number of hydrogen-bond acceptors (Lipinski definition) is 4. The molecule has 0 aliphatic carbocycles. The van der Waals surface area contributed by atoms with Crippen LogP contribution in [0.3, 0.4) is 0 Å². The van der Waals surface area contributed by atoms with E-state index in [-0.39, 0.29) is 12.2 Å². The van der Waals surface area contributed by atoms with Gasteiger partial charge in [-0.05, 0) is 35.9 Å². The van der Waals surface area contributed by atoms with Crippen molar-refractivity contribution in [2.75, 3.05) is 13.2 Å². The van der Waals surface area contributed by atoms with Gasteiger partial charge in [-0.2, -0.15) is 0 Å². The molecule has 118 valence electrons. The number of halogens is 1. The van der Waals surface area contributed by atoms with E-state index in [1.54, 1.807) is 0 Å². The Morgan fingerprint density at radius 2 is 1.74 bits per heavy atom. The highest BCUT2D eigenvalue weighted by atomic mass is 19.1. The smallest absolute Gasteiger partial charge is 0.170 e. The van der Waals surface area contributed by atoms with Crippen LogP contribution >= 0.6 is 0 Å². The van der Waals surface area contributed by atoms with Crippen molar-refractivity contribution in [1.82, 2.24) is 0 Å². The molecule has 0 saturated carbocycles. The molecule has 23 heavy (non-hydrogen) atoms. The summed E-state index contributed by atoms with van der Waals surface area (Å²) >= 11 is 0. The molecular weight excluding hydrogens is 299 g/mol. The average Bonchev–Trinajstić information content (AvgIpc) is 2.80. The summed E-state index contributed by atoms with van der Waals surface area (Å²) in [7, 11) is 0. The van der Waals surface area contributed by atoms with Crippen molar-refractivity contribution in [1.29, 1.82) is 0 Å². The first-order valence-corrected chi connectivity index (χ1v) is 7.60. The van der Waals surface area contributed by atoms with Gasteiger partial charge in [0.25, 0.3) is 0 Å². The molecule has 2 heterocycles. The summed E-state index contributed by atoms with van der Waals surface area (Å²) in [4.78, 5) is 12.3. The van der Waals surface area contributed by atoms with E-state index < -0.39 is 11.9 Å². The minimum atomic E-state index is -0.435. The quantitative estimate of drug-likeness (QED) is 0.805. The van der Waals surface area contributed by atoms with Gasteiger partial charge in [-0.1, -0.05) is 6.07 Å². The second-order valence-electron chi connectivity index (χ2n) is 5.63. The first kappa shape index (κ1) is 14.1. The van der Waals surface area contributed by atoms with Gasteiger partial charge in [-0.25, -0.2) is 4.39 Å². The maximum absolute atomic E-state index is 13.3. The third-order valence-electron chi connectivity index (χ3n) is 4.03. The molecule has 5 heteroatoms. The zero-order chi connectivity index (χ0) is 15.8. The van der Waals surface area contributed by atoms with Gasteiger partial charge in [0.05, 0.1) is 25.2 Å². The Balaban J connectivity index is 1.65. The highest BCUT2D eigenvalue weighted by molar-refractivity contribution is 6.00. The van der Waals surface area contributed by atoms with E-state index >= 15 is 0 Å². The highest BCUT2D eigenvalue weighted by Gasteiger charge is 2.28. The number of ketones is 1. The van der Waals surface area contributed by atoms with Crippen LogP contribution in [0.15, 0.2) is 36.4 Å². The fraction of sp³-hybridized carbons (Fsp3) is 0.278. The predicted molar refractivity (Wildman–Crippen MR) is 80.8 cm³/mol. The Hall–Kier alpha value is -2.56. The second-order valence-corrected chi connectivity index (χ2v) is 5.63. The van der Waals surface area contributed by atoms with Crippen molar-refractivity contribution < 1.29 is 23.4 Å². The monoisotopic (exact) mass is 314 g/mol. The van der Waals surface area contributed by atoms with E-state index in [1.165, 1.54) is 18.2 Å². The standard InChI is InChI=1S/C18H15FO4/c19-12-3-5-15-13(9-12)14(20)10-17(23-15)11-2-4-16-18(8-11)22-7-1-6-21-16/h2-5,8-9,17H,1,6-7,10H2/t17-/m0/s1. The highest BCUT2D eigenvalue weighted by Crippen LogP contribution is 2.38. The lowest BCUT2D eigenvalue weighted by molar-refractivity contribution is 0.0848. The van der Waals surface area contributed by atoms with Gasteiger partial charge in [0, 0.05) is 6.42 Å². The van der Waals surface area contributed by atoms with E-state index in [1.807, 2.05) is 18.2 Å². The van der Waals surface area contributed by atoms with E-state index in [9.17, 15) is 9.18 Å². The van der Waals surface area contributed by atoms with Gasteiger partial charge in [0.1, 0.15) is 17.7 Å². The first-order chi connectivity index (χ1) is 11.2. The molecule has 0 aromatic heterocycles.